The molecule has 1 aliphatic heterocycles. The van der Waals surface area contributed by atoms with Gasteiger partial charge in [0.25, 0.3) is 10.0 Å². The molecular weight excluding hydrogens is 352 g/mol. The highest BCUT2D eigenvalue weighted by Crippen LogP contribution is 2.27. The van der Waals surface area contributed by atoms with Crippen molar-refractivity contribution in [1.29, 1.82) is 5.26 Å². The van der Waals surface area contributed by atoms with Crippen LogP contribution >= 0.6 is 0 Å². The van der Waals surface area contributed by atoms with E-state index in [4.69, 9.17) is 10.00 Å². The molecule has 0 N–H and O–H groups in total. The molecule has 8 heteroatoms. The van der Waals surface area contributed by atoms with Crippen molar-refractivity contribution in [2.45, 2.75) is 11.3 Å². The van der Waals surface area contributed by atoms with Crippen molar-refractivity contribution in [3.05, 3.63) is 59.7 Å². The minimum Gasteiger partial charge on any atom is -0.497 e. The number of nitriles is 1. The van der Waals surface area contributed by atoms with E-state index in [0.717, 1.165) is 11.3 Å². The Morgan fingerprint density at radius 2 is 1.96 bits per heavy atom. The first-order chi connectivity index (χ1) is 12.5. The van der Waals surface area contributed by atoms with Crippen molar-refractivity contribution in [1.82, 2.24) is 5.01 Å². The molecule has 0 spiro atoms. The summed E-state index contributed by atoms with van der Waals surface area (Å²) in [5, 5.41) is 14.7. The van der Waals surface area contributed by atoms with Crippen LogP contribution in [0.3, 0.4) is 0 Å². The SMILES string of the molecule is COc1ccc(/C=N\N(CCC#N)C2=NS(=O)(=O)c3ccccc32)cc1. The van der Waals surface area contributed by atoms with Crippen LogP contribution in [-0.4, -0.2) is 39.1 Å². The molecule has 1 heterocycles. The lowest BCUT2D eigenvalue weighted by Crippen LogP contribution is -2.27. The normalized spacial score (nSPS) is 14.5. The Hall–Kier alpha value is -3.18. The minimum atomic E-state index is -3.74. The van der Waals surface area contributed by atoms with Gasteiger partial charge in [-0.1, -0.05) is 12.1 Å². The molecule has 3 rings (SSSR count). The molecule has 7 nitrogen and oxygen atoms in total. The van der Waals surface area contributed by atoms with Crippen LogP contribution in [-0.2, 0) is 10.0 Å². The number of nitrogens with zero attached hydrogens (tertiary/aromatic N) is 4. The summed E-state index contributed by atoms with van der Waals surface area (Å²) >= 11 is 0. The highest BCUT2D eigenvalue weighted by molar-refractivity contribution is 7.90. The number of ether oxygens (including phenoxy) is 1. The van der Waals surface area contributed by atoms with E-state index in [1.54, 1.807) is 43.7 Å². The molecule has 1 aliphatic rings. The minimum absolute atomic E-state index is 0.150. The molecule has 132 valence electrons. The monoisotopic (exact) mass is 368 g/mol. The zero-order valence-electron chi connectivity index (χ0n) is 14.0. The summed E-state index contributed by atoms with van der Waals surface area (Å²) in [7, 11) is -2.16. The zero-order valence-corrected chi connectivity index (χ0v) is 14.8. The standard InChI is InChI=1S/C18H16N4O3S/c1-25-15-9-7-14(8-10-15)13-20-22(12-4-11-19)18-16-5-2-3-6-17(16)26(23,24)21-18/h2-3,5-10,13H,4,12H2,1H3/b20-13-. The summed E-state index contributed by atoms with van der Waals surface area (Å²) in [6.45, 7) is 0.228. The number of rotatable bonds is 5. The van der Waals surface area contributed by atoms with Gasteiger partial charge >= 0.3 is 0 Å². The second-order valence-corrected chi connectivity index (χ2v) is 7.01. The molecule has 2 aromatic rings. The second kappa shape index (κ2) is 7.37. The van der Waals surface area contributed by atoms with Crippen molar-refractivity contribution >= 4 is 22.1 Å². The van der Waals surface area contributed by atoms with E-state index in [-0.39, 0.29) is 23.7 Å². The van der Waals surface area contributed by atoms with E-state index < -0.39 is 10.0 Å². The van der Waals surface area contributed by atoms with Crippen molar-refractivity contribution < 1.29 is 13.2 Å². The van der Waals surface area contributed by atoms with Crippen LogP contribution in [0.1, 0.15) is 17.5 Å². The van der Waals surface area contributed by atoms with Crippen molar-refractivity contribution in [2.75, 3.05) is 13.7 Å². The van der Waals surface area contributed by atoms with Gasteiger partial charge in [-0.2, -0.15) is 18.8 Å². The maximum atomic E-state index is 12.2. The predicted molar refractivity (Wildman–Crippen MR) is 97.7 cm³/mol. The average molecular weight is 368 g/mol. The number of hydrogen-bond donors (Lipinski definition) is 0. The van der Waals surface area contributed by atoms with Crippen LogP contribution in [0.4, 0.5) is 0 Å². The Bertz CT molecular complexity index is 1010. The van der Waals surface area contributed by atoms with Crippen LogP contribution in [0.15, 0.2) is 62.9 Å². The molecule has 0 fully saturated rings. The third kappa shape index (κ3) is 3.58. The Morgan fingerprint density at radius 1 is 1.23 bits per heavy atom. The molecule has 0 saturated heterocycles. The maximum Gasteiger partial charge on any atom is 0.285 e. The number of methoxy groups -OCH3 is 1. The number of benzene rings is 2. The molecule has 0 radical (unpaired) electrons. The van der Waals surface area contributed by atoms with Gasteiger partial charge in [0.1, 0.15) is 10.6 Å². The molecule has 26 heavy (non-hydrogen) atoms. The van der Waals surface area contributed by atoms with E-state index in [0.29, 0.717) is 5.56 Å². The summed E-state index contributed by atoms with van der Waals surface area (Å²) in [4.78, 5) is 0.150. The number of hydrazone groups is 1. The van der Waals surface area contributed by atoms with Gasteiger partial charge in [0.15, 0.2) is 5.84 Å². The van der Waals surface area contributed by atoms with Crippen LogP contribution in [0, 0.1) is 11.3 Å². The van der Waals surface area contributed by atoms with Gasteiger partial charge in [0.05, 0.1) is 32.4 Å². The van der Waals surface area contributed by atoms with E-state index >= 15 is 0 Å². The third-order valence-electron chi connectivity index (χ3n) is 3.75. The van der Waals surface area contributed by atoms with Gasteiger partial charge in [-0.05, 0) is 42.0 Å². The van der Waals surface area contributed by atoms with Crippen LogP contribution in [0.2, 0.25) is 0 Å². The topological polar surface area (TPSA) is 95.1 Å². The first kappa shape index (κ1) is 17.6. The van der Waals surface area contributed by atoms with Crippen molar-refractivity contribution in [2.24, 2.45) is 9.50 Å². The zero-order chi connectivity index (χ0) is 18.6. The summed E-state index contributed by atoms with van der Waals surface area (Å²) in [5.41, 5.74) is 1.29. The average Bonchev–Trinajstić information content (AvgIpc) is 2.94. The van der Waals surface area contributed by atoms with E-state index in [2.05, 4.69) is 9.50 Å². The Kier molecular flexibility index (Phi) is 5.00. The Labute approximate surface area is 151 Å². The first-order valence-corrected chi connectivity index (χ1v) is 9.26. The summed E-state index contributed by atoms with van der Waals surface area (Å²) < 4.78 is 33.5. The lowest BCUT2D eigenvalue weighted by Gasteiger charge is -2.17. The van der Waals surface area contributed by atoms with E-state index in [1.165, 1.54) is 11.1 Å². The number of sulfonamides is 1. The summed E-state index contributed by atoms with van der Waals surface area (Å²) in [5.74, 6) is 0.948. The molecular formula is C18H16N4O3S. The van der Waals surface area contributed by atoms with Gasteiger partial charge in [-0.15, -0.1) is 4.40 Å². The highest BCUT2D eigenvalue weighted by atomic mass is 32.2. The van der Waals surface area contributed by atoms with Crippen molar-refractivity contribution in [3.63, 3.8) is 0 Å². The quantitative estimate of drug-likeness (QED) is 0.596. The van der Waals surface area contributed by atoms with Crippen LogP contribution in [0.5, 0.6) is 5.75 Å². The Balaban J connectivity index is 1.94. The van der Waals surface area contributed by atoms with Crippen LogP contribution in [0.25, 0.3) is 0 Å². The number of hydrogen-bond acceptors (Lipinski definition) is 6. The van der Waals surface area contributed by atoms with E-state index in [9.17, 15) is 8.42 Å². The van der Waals surface area contributed by atoms with E-state index in [1.807, 2.05) is 18.2 Å². The highest BCUT2D eigenvalue weighted by Gasteiger charge is 2.31. The molecule has 0 unspecified atom stereocenters. The molecule has 2 aromatic carbocycles. The first-order valence-electron chi connectivity index (χ1n) is 7.82. The Morgan fingerprint density at radius 3 is 2.65 bits per heavy atom. The van der Waals surface area contributed by atoms with Crippen molar-refractivity contribution in [3.8, 4) is 11.8 Å². The molecule has 0 saturated carbocycles. The second-order valence-electron chi connectivity index (χ2n) is 5.44. The third-order valence-corrected chi connectivity index (χ3v) is 5.08. The van der Waals surface area contributed by atoms with Gasteiger partial charge in [-0.25, -0.2) is 5.01 Å². The summed E-state index contributed by atoms with van der Waals surface area (Å²) in [6.07, 6.45) is 1.77. The van der Waals surface area contributed by atoms with Crippen LogP contribution < -0.4 is 4.74 Å². The largest absolute Gasteiger partial charge is 0.497 e. The van der Waals surface area contributed by atoms with Gasteiger partial charge in [0, 0.05) is 5.56 Å². The smallest absolute Gasteiger partial charge is 0.285 e. The maximum absolute atomic E-state index is 12.2. The fraction of sp³-hybridized carbons (Fsp3) is 0.167. The number of fused-ring (bicyclic) bond motifs is 1. The van der Waals surface area contributed by atoms with Gasteiger partial charge in [-0.3, -0.25) is 0 Å². The fourth-order valence-electron chi connectivity index (χ4n) is 2.48. The summed E-state index contributed by atoms with van der Waals surface area (Å²) in [6, 6.07) is 15.9. The molecule has 0 amide bonds. The molecule has 0 aromatic heterocycles. The molecule has 0 bridgehead atoms. The van der Waals surface area contributed by atoms with Gasteiger partial charge in [0.2, 0.25) is 0 Å². The molecule has 0 atom stereocenters. The lowest BCUT2D eigenvalue weighted by molar-refractivity contribution is 0.415. The predicted octanol–water partition coefficient (Wildman–Crippen LogP) is 2.39. The van der Waals surface area contributed by atoms with Gasteiger partial charge < -0.3 is 4.74 Å². The fourth-order valence-corrected chi connectivity index (χ4v) is 3.68. The number of amidine groups is 1. The molecule has 0 aliphatic carbocycles. The lowest BCUT2D eigenvalue weighted by atomic mass is 10.2.